The average molecular weight is 984 g/mol. The summed E-state index contributed by atoms with van der Waals surface area (Å²) in [5.41, 5.74) is 0. The summed E-state index contributed by atoms with van der Waals surface area (Å²) in [5, 5.41) is 0. The third kappa shape index (κ3) is 56.5. The molecule has 0 radical (unpaired) electrons. The zero-order chi connectivity index (χ0) is 50.7. The van der Waals surface area contributed by atoms with E-state index in [0.29, 0.717) is 19.3 Å². The molecule has 1 unspecified atom stereocenters. The van der Waals surface area contributed by atoms with Crippen LogP contribution < -0.4 is 0 Å². The summed E-state index contributed by atoms with van der Waals surface area (Å²) in [7, 11) is 0. The molecule has 0 saturated carbocycles. The first kappa shape index (κ1) is 67.6. The topological polar surface area (TPSA) is 78.9 Å². The molecule has 0 aliphatic rings. The molecule has 0 saturated heterocycles. The second kappa shape index (κ2) is 59.2. The second-order valence-electron chi connectivity index (χ2n) is 21.0. The molecule has 0 heterocycles. The van der Waals surface area contributed by atoms with Gasteiger partial charge in [0.2, 0.25) is 0 Å². The lowest BCUT2D eigenvalue weighted by molar-refractivity contribution is -0.167. The smallest absolute Gasteiger partial charge is 0.306 e. The summed E-state index contributed by atoms with van der Waals surface area (Å²) >= 11 is 0. The van der Waals surface area contributed by atoms with Crippen molar-refractivity contribution in [3.05, 3.63) is 36.5 Å². The minimum atomic E-state index is -0.771. The fraction of sp³-hybridized carbons (Fsp3) is 0.859. The van der Waals surface area contributed by atoms with Gasteiger partial charge in [-0.25, -0.2) is 0 Å². The Balaban J connectivity index is 4.06. The Hall–Kier alpha value is -2.37. The summed E-state index contributed by atoms with van der Waals surface area (Å²) in [6.45, 7) is 6.63. The first-order valence-corrected chi connectivity index (χ1v) is 31.0. The van der Waals surface area contributed by atoms with Gasteiger partial charge in [-0.3, -0.25) is 14.4 Å². The van der Waals surface area contributed by atoms with Gasteiger partial charge in [-0.2, -0.15) is 0 Å². The van der Waals surface area contributed by atoms with E-state index >= 15 is 0 Å². The molecule has 0 fully saturated rings. The highest BCUT2D eigenvalue weighted by atomic mass is 16.6. The molecule has 0 N–H and O–H groups in total. The molecule has 0 aromatic heterocycles. The van der Waals surface area contributed by atoms with Gasteiger partial charge < -0.3 is 14.2 Å². The van der Waals surface area contributed by atoms with E-state index in [1.165, 1.54) is 225 Å². The number of allylic oxidation sites excluding steroid dienone is 6. The van der Waals surface area contributed by atoms with Gasteiger partial charge in [0, 0.05) is 19.3 Å². The van der Waals surface area contributed by atoms with Gasteiger partial charge in [-0.05, 0) is 77.0 Å². The predicted molar refractivity (Wildman–Crippen MR) is 302 cm³/mol. The average Bonchev–Trinajstić information content (AvgIpc) is 3.36. The van der Waals surface area contributed by atoms with E-state index in [-0.39, 0.29) is 31.1 Å². The van der Waals surface area contributed by atoms with E-state index in [0.717, 1.165) is 70.6 Å². The van der Waals surface area contributed by atoms with E-state index in [1.54, 1.807) is 0 Å². The fourth-order valence-electron chi connectivity index (χ4n) is 9.18. The highest BCUT2D eigenvalue weighted by Crippen LogP contribution is 2.17. The number of hydrogen-bond acceptors (Lipinski definition) is 6. The highest BCUT2D eigenvalue weighted by molar-refractivity contribution is 5.71. The maximum atomic E-state index is 12.8. The maximum absolute atomic E-state index is 12.8. The van der Waals surface area contributed by atoms with Crippen molar-refractivity contribution in [2.45, 2.75) is 341 Å². The molecule has 410 valence electrons. The van der Waals surface area contributed by atoms with Crippen molar-refractivity contribution in [3.8, 4) is 0 Å². The third-order valence-electron chi connectivity index (χ3n) is 13.9. The molecule has 0 bridgehead atoms. The van der Waals surface area contributed by atoms with Crippen LogP contribution in [0.25, 0.3) is 0 Å². The Morgan fingerprint density at radius 3 is 0.800 bits per heavy atom. The maximum Gasteiger partial charge on any atom is 0.306 e. The van der Waals surface area contributed by atoms with E-state index in [1.807, 2.05) is 0 Å². The quantitative estimate of drug-likeness (QED) is 0.0261. The molecule has 0 amide bonds. The Morgan fingerprint density at radius 1 is 0.286 bits per heavy atom. The van der Waals surface area contributed by atoms with Crippen LogP contribution in [0.15, 0.2) is 36.5 Å². The van der Waals surface area contributed by atoms with Crippen molar-refractivity contribution in [3.63, 3.8) is 0 Å². The number of unbranched alkanes of at least 4 members (excludes halogenated alkanes) is 40. The minimum absolute atomic E-state index is 0.0711. The second-order valence-corrected chi connectivity index (χ2v) is 21.0. The third-order valence-corrected chi connectivity index (χ3v) is 13.9. The summed E-state index contributed by atoms with van der Waals surface area (Å²) in [6.07, 6.45) is 71.7. The van der Waals surface area contributed by atoms with Gasteiger partial charge >= 0.3 is 17.9 Å². The molecule has 0 aromatic rings. The van der Waals surface area contributed by atoms with Crippen LogP contribution in [-0.2, 0) is 28.6 Å². The summed E-state index contributed by atoms with van der Waals surface area (Å²) in [6, 6.07) is 0. The number of esters is 3. The minimum Gasteiger partial charge on any atom is -0.462 e. The summed E-state index contributed by atoms with van der Waals surface area (Å²) in [4.78, 5) is 38.0. The Morgan fingerprint density at radius 2 is 0.514 bits per heavy atom. The molecule has 0 aromatic carbocycles. The van der Waals surface area contributed by atoms with Crippen molar-refractivity contribution in [2.75, 3.05) is 13.2 Å². The fourth-order valence-corrected chi connectivity index (χ4v) is 9.18. The van der Waals surface area contributed by atoms with Crippen LogP contribution >= 0.6 is 0 Å². The number of rotatable bonds is 57. The van der Waals surface area contributed by atoms with Crippen LogP contribution in [0.1, 0.15) is 335 Å². The number of hydrogen-bond donors (Lipinski definition) is 0. The van der Waals surface area contributed by atoms with Gasteiger partial charge in [0.1, 0.15) is 13.2 Å². The first-order valence-electron chi connectivity index (χ1n) is 31.0. The van der Waals surface area contributed by atoms with Crippen LogP contribution in [0.4, 0.5) is 0 Å². The molecule has 1 atom stereocenters. The lowest BCUT2D eigenvalue weighted by Gasteiger charge is -2.18. The largest absolute Gasteiger partial charge is 0.462 e. The molecule has 0 aliphatic carbocycles. The van der Waals surface area contributed by atoms with Crippen molar-refractivity contribution < 1.29 is 28.6 Å². The number of carbonyl (C=O) groups is 3. The van der Waals surface area contributed by atoms with Crippen molar-refractivity contribution in [1.29, 1.82) is 0 Å². The number of ether oxygens (including phenoxy) is 3. The van der Waals surface area contributed by atoms with Gasteiger partial charge in [-0.15, -0.1) is 0 Å². The molecular formula is C64H118O6. The summed E-state index contributed by atoms with van der Waals surface area (Å²) < 4.78 is 16.8. The predicted octanol–water partition coefficient (Wildman–Crippen LogP) is 20.8. The lowest BCUT2D eigenvalue weighted by Crippen LogP contribution is -2.30. The van der Waals surface area contributed by atoms with Crippen LogP contribution in [0.5, 0.6) is 0 Å². The standard InChI is InChI=1S/C64H118O6/c1-4-7-10-13-16-19-21-23-25-26-27-28-29-30-31-32-33-34-35-36-37-38-40-41-43-45-48-51-54-57-63(66)69-60-61(59-68-62(65)56-53-50-47-18-15-12-9-6-3)70-64(67)58-55-52-49-46-44-42-39-24-22-20-17-14-11-8-5-2/h21,23-24,26-27,39,61H,4-20,22,25,28-38,40-60H2,1-3H3/b23-21-,27-26-,39-24-. The highest BCUT2D eigenvalue weighted by Gasteiger charge is 2.19. The Labute approximate surface area is 435 Å². The Bertz CT molecular complexity index is 1170. The zero-order valence-corrected chi connectivity index (χ0v) is 47.1. The van der Waals surface area contributed by atoms with Crippen molar-refractivity contribution in [2.24, 2.45) is 0 Å². The SMILES string of the molecule is CCCCCCC/C=C\C/C=C\CCCCCCCCCCCCCCCCCCCC(=O)OCC(COC(=O)CCCCCCCCCC)OC(=O)CCCCCCC/C=C\CCCCCCCC. The molecular weight excluding hydrogens is 865 g/mol. The zero-order valence-electron chi connectivity index (χ0n) is 47.1. The molecule has 0 rings (SSSR count). The van der Waals surface area contributed by atoms with Crippen LogP contribution in [0, 0.1) is 0 Å². The Kier molecular flexibility index (Phi) is 57.2. The molecule has 6 nitrogen and oxygen atoms in total. The lowest BCUT2D eigenvalue weighted by atomic mass is 10.0. The summed E-state index contributed by atoms with van der Waals surface area (Å²) in [5.74, 6) is -0.866. The van der Waals surface area contributed by atoms with Crippen LogP contribution in [0.3, 0.4) is 0 Å². The molecule has 70 heavy (non-hydrogen) atoms. The van der Waals surface area contributed by atoms with Crippen LogP contribution in [-0.4, -0.2) is 37.2 Å². The van der Waals surface area contributed by atoms with Crippen LogP contribution in [0.2, 0.25) is 0 Å². The molecule has 6 heteroatoms. The molecule has 0 spiro atoms. The van der Waals surface area contributed by atoms with E-state index in [9.17, 15) is 14.4 Å². The van der Waals surface area contributed by atoms with E-state index in [4.69, 9.17) is 14.2 Å². The van der Waals surface area contributed by atoms with Gasteiger partial charge in [-0.1, -0.05) is 276 Å². The van der Waals surface area contributed by atoms with Crippen molar-refractivity contribution >= 4 is 17.9 Å². The first-order chi connectivity index (χ1) is 34.5. The normalized spacial score (nSPS) is 12.2. The van der Waals surface area contributed by atoms with E-state index in [2.05, 4.69) is 57.2 Å². The van der Waals surface area contributed by atoms with Gasteiger partial charge in [0.15, 0.2) is 6.10 Å². The monoisotopic (exact) mass is 983 g/mol. The molecule has 0 aliphatic heterocycles. The van der Waals surface area contributed by atoms with Gasteiger partial charge in [0.05, 0.1) is 0 Å². The van der Waals surface area contributed by atoms with E-state index < -0.39 is 6.10 Å². The number of carbonyl (C=O) groups excluding carboxylic acids is 3. The van der Waals surface area contributed by atoms with Crippen molar-refractivity contribution in [1.82, 2.24) is 0 Å². The van der Waals surface area contributed by atoms with Gasteiger partial charge in [0.25, 0.3) is 0 Å².